The molecule has 3 heteroatoms. The van der Waals surface area contributed by atoms with Crippen LogP contribution in [0.3, 0.4) is 0 Å². The Kier molecular flexibility index (Phi) is 5.80. The fourth-order valence-electron chi connectivity index (χ4n) is 3.64. The van der Waals surface area contributed by atoms with E-state index in [0.717, 1.165) is 12.8 Å². The van der Waals surface area contributed by atoms with Crippen LogP contribution in [-0.4, -0.2) is 23.5 Å². The number of benzene rings is 1. The zero-order chi connectivity index (χ0) is 15.3. The molecule has 1 aromatic rings. The number of nitrogens with zero attached hydrogens (tertiary/aromatic N) is 1. The van der Waals surface area contributed by atoms with E-state index >= 15 is 0 Å². The van der Waals surface area contributed by atoms with Crippen LogP contribution in [0.5, 0.6) is 0 Å². The second kappa shape index (κ2) is 7.39. The average molecular weight is 289 g/mol. The van der Waals surface area contributed by atoms with Crippen molar-refractivity contribution in [3.63, 3.8) is 0 Å². The summed E-state index contributed by atoms with van der Waals surface area (Å²) < 4.78 is 0. The highest BCUT2D eigenvalue weighted by Crippen LogP contribution is 2.35. The molecule has 0 amide bonds. The maximum absolute atomic E-state index is 5.99. The number of piperidine rings is 1. The lowest BCUT2D eigenvalue weighted by atomic mass is 9.81. The van der Waals surface area contributed by atoms with Gasteiger partial charge in [-0.05, 0) is 56.8 Å². The van der Waals surface area contributed by atoms with E-state index in [9.17, 15) is 0 Å². The molecular weight excluding hydrogens is 258 g/mol. The molecule has 3 nitrogen and oxygen atoms in total. The minimum absolute atomic E-state index is 0.0710. The Morgan fingerprint density at radius 1 is 1.24 bits per heavy atom. The van der Waals surface area contributed by atoms with Crippen molar-refractivity contribution in [2.75, 3.05) is 13.1 Å². The van der Waals surface area contributed by atoms with Crippen LogP contribution in [0.1, 0.15) is 63.6 Å². The number of hydrogen-bond donors (Lipinski definition) is 2. The summed E-state index contributed by atoms with van der Waals surface area (Å²) in [7, 11) is 0. The first-order chi connectivity index (χ1) is 10.2. The van der Waals surface area contributed by atoms with E-state index in [2.05, 4.69) is 55.4 Å². The molecule has 0 aliphatic carbocycles. The van der Waals surface area contributed by atoms with Crippen molar-refractivity contribution in [2.45, 2.75) is 64.5 Å². The standard InChI is InChI=1S/C18H31N3/c1-4-15-10-9-11-16(14-15)17(20-19)18(3,5-2)21-12-7-6-8-13-21/h9-11,14,17,20H,4-8,12-13,19H2,1-3H3. The van der Waals surface area contributed by atoms with Crippen molar-refractivity contribution in [1.82, 2.24) is 10.3 Å². The van der Waals surface area contributed by atoms with Gasteiger partial charge in [0.2, 0.25) is 0 Å². The first-order valence-electron chi connectivity index (χ1n) is 8.45. The molecule has 0 saturated carbocycles. The first-order valence-corrected chi connectivity index (χ1v) is 8.45. The molecule has 2 unspecified atom stereocenters. The van der Waals surface area contributed by atoms with Gasteiger partial charge in [0.25, 0.3) is 0 Å². The molecule has 118 valence electrons. The van der Waals surface area contributed by atoms with Crippen LogP contribution in [0.25, 0.3) is 0 Å². The van der Waals surface area contributed by atoms with E-state index in [-0.39, 0.29) is 11.6 Å². The molecule has 1 saturated heterocycles. The van der Waals surface area contributed by atoms with E-state index in [1.165, 1.54) is 43.5 Å². The lowest BCUT2D eigenvalue weighted by molar-refractivity contribution is 0.0424. The summed E-state index contributed by atoms with van der Waals surface area (Å²) in [5.41, 5.74) is 5.88. The summed E-state index contributed by atoms with van der Waals surface area (Å²) >= 11 is 0. The van der Waals surface area contributed by atoms with Gasteiger partial charge in [0.15, 0.2) is 0 Å². The molecule has 1 aliphatic rings. The lowest BCUT2D eigenvalue weighted by Gasteiger charge is -2.48. The Hall–Kier alpha value is -0.900. The quantitative estimate of drug-likeness (QED) is 0.623. The van der Waals surface area contributed by atoms with Gasteiger partial charge in [-0.1, -0.05) is 44.5 Å². The number of nitrogens with two attached hydrogens (primary N) is 1. The van der Waals surface area contributed by atoms with Crippen molar-refractivity contribution in [3.8, 4) is 0 Å². The number of hydrazine groups is 1. The van der Waals surface area contributed by atoms with Gasteiger partial charge < -0.3 is 0 Å². The van der Waals surface area contributed by atoms with Crippen molar-refractivity contribution < 1.29 is 0 Å². The van der Waals surface area contributed by atoms with Crippen molar-refractivity contribution in [2.24, 2.45) is 5.84 Å². The summed E-state index contributed by atoms with van der Waals surface area (Å²) in [6.45, 7) is 9.23. The molecule has 1 aromatic carbocycles. The highest BCUT2D eigenvalue weighted by molar-refractivity contribution is 5.28. The number of nitrogens with one attached hydrogen (secondary N) is 1. The normalized spacial score (nSPS) is 21.0. The lowest BCUT2D eigenvalue weighted by Crippen LogP contribution is -2.57. The largest absolute Gasteiger partial charge is 0.296 e. The molecule has 1 aliphatic heterocycles. The number of hydrogen-bond acceptors (Lipinski definition) is 3. The molecule has 21 heavy (non-hydrogen) atoms. The summed E-state index contributed by atoms with van der Waals surface area (Å²) in [5.74, 6) is 5.99. The van der Waals surface area contributed by atoms with E-state index in [1.54, 1.807) is 0 Å². The van der Waals surface area contributed by atoms with Gasteiger partial charge in [-0.15, -0.1) is 0 Å². The number of likely N-dealkylation sites (tertiary alicyclic amines) is 1. The van der Waals surface area contributed by atoms with E-state index in [0.29, 0.717) is 0 Å². The van der Waals surface area contributed by atoms with Crippen LogP contribution >= 0.6 is 0 Å². The topological polar surface area (TPSA) is 41.3 Å². The van der Waals surface area contributed by atoms with E-state index in [1.807, 2.05) is 0 Å². The Balaban J connectivity index is 2.31. The van der Waals surface area contributed by atoms with Crippen molar-refractivity contribution in [3.05, 3.63) is 35.4 Å². The Labute approximate surface area is 129 Å². The fourth-order valence-corrected chi connectivity index (χ4v) is 3.64. The van der Waals surface area contributed by atoms with E-state index in [4.69, 9.17) is 5.84 Å². The van der Waals surface area contributed by atoms with Crippen LogP contribution in [-0.2, 0) is 6.42 Å². The second-order valence-electron chi connectivity index (χ2n) is 6.46. The SMILES string of the molecule is CCc1cccc(C(NN)C(C)(CC)N2CCCCC2)c1. The summed E-state index contributed by atoms with van der Waals surface area (Å²) in [4.78, 5) is 2.64. The third-order valence-electron chi connectivity index (χ3n) is 5.28. The van der Waals surface area contributed by atoms with Crippen LogP contribution in [0, 0.1) is 0 Å². The third kappa shape index (κ3) is 3.47. The van der Waals surface area contributed by atoms with Crippen LogP contribution < -0.4 is 11.3 Å². The zero-order valence-electron chi connectivity index (χ0n) is 13.9. The maximum atomic E-state index is 5.99. The van der Waals surface area contributed by atoms with Crippen LogP contribution in [0.4, 0.5) is 0 Å². The summed E-state index contributed by atoms with van der Waals surface area (Å²) in [6.07, 6.45) is 6.14. The first kappa shape index (κ1) is 16.5. The fraction of sp³-hybridized carbons (Fsp3) is 0.667. The molecule has 1 heterocycles. The van der Waals surface area contributed by atoms with Crippen molar-refractivity contribution >= 4 is 0 Å². The van der Waals surface area contributed by atoms with Gasteiger partial charge in [0, 0.05) is 5.54 Å². The minimum atomic E-state index is 0.0710. The molecular formula is C18H31N3. The smallest absolute Gasteiger partial charge is 0.0641 e. The molecule has 0 spiro atoms. The van der Waals surface area contributed by atoms with Gasteiger partial charge in [-0.25, -0.2) is 0 Å². The molecule has 3 N–H and O–H groups in total. The Morgan fingerprint density at radius 3 is 2.52 bits per heavy atom. The monoisotopic (exact) mass is 289 g/mol. The second-order valence-corrected chi connectivity index (χ2v) is 6.46. The van der Waals surface area contributed by atoms with Gasteiger partial charge in [-0.2, -0.15) is 0 Å². The minimum Gasteiger partial charge on any atom is -0.296 e. The third-order valence-corrected chi connectivity index (χ3v) is 5.28. The molecule has 0 aromatic heterocycles. The maximum Gasteiger partial charge on any atom is 0.0641 e. The zero-order valence-corrected chi connectivity index (χ0v) is 13.9. The predicted octanol–water partition coefficient (Wildman–Crippen LogP) is 3.41. The number of aryl methyl sites for hydroxylation is 1. The summed E-state index contributed by atoms with van der Waals surface area (Å²) in [6, 6.07) is 9.04. The molecule has 2 atom stereocenters. The van der Waals surface area contributed by atoms with Gasteiger partial charge >= 0.3 is 0 Å². The molecule has 0 radical (unpaired) electrons. The summed E-state index contributed by atoms with van der Waals surface area (Å²) in [5, 5.41) is 0. The molecule has 0 bridgehead atoms. The van der Waals surface area contributed by atoms with Gasteiger partial charge in [0.1, 0.15) is 0 Å². The highest BCUT2D eigenvalue weighted by Gasteiger charge is 2.39. The Bertz CT molecular complexity index is 440. The highest BCUT2D eigenvalue weighted by atomic mass is 15.3. The van der Waals surface area contributed by atoms with Crippen molar-refractivity contribution in [1.29, 1.82) is 0 Å². The van der Waals surface area contributed by atoms with Gasteiger partial charge in [-0.3, -0.25) is 16.2 Å². The Morgan fingerprint density at radius 2 is 1.95 bits per heavy atom. The van der Waals surface area contributed by atoms with Crippen LogP contribution in [0.15, 0.2) is 24.3 Å². The van der Waals surface area contributed by atoms with Crippen LogP contribution in [0.2, 0.25) is 0 Å². The molecule has 2 rings (SSSR count). The predicted molar refractivity (Wildman–Crippen MR) is 90.0 cm³/mol. The molecule has 1 fully saturated rings. The average Bonchev–Trinajstić information content (AvgIpc) is 2.56. The van der Waals surface area contributed by atoms with Gasteiger partial charge in [0.05, 0.1) is 6.04 Å². The van der Waals surface area contributed by atoms with E-state index < -0.39 is 0 Å². The number of rotatable bonds is 6.